The summed E-state index contributed by atoms with van der Waals surface area (Å²) in [6.45, 7) is 10.8. The smallest absolute Gasteiger partial charge is 0.0376 e. The third kappa shape index (κ3) is 4.78. The minimum atomic E-state index is 0.540. The maximum Gasteiger partial charge on any atom is 0.0376 e. The van der Waals surface area contributed by atoms with Crippen LogP contribution in [-0.4, -0.2) is 62.2 Å². The molecule has 0 radical (unpaired) electrons. The Hall–Kier alpha value is -0.380. The van der Waals surface area contributed by atoms with E-state index in [0.29, 0.717) is 12.1 Å². The van der Waals surface area contributed by atoms with E-state index in [1.54, 1.807) is 0 Å². The van der Waals surface area contributed by atoms with Gasteiger partial charge in [-0.3, -0.25) is 0 Å². The van der Waals surface area contributed by atoms with Gasteiger partial charge in [0, 0.05) is 18.6 Å². The second kappa shape index (κ2) is 7.85. The Kier molecular flexibility index (Phi) is 6.78. The van der Waals surface area contributed by atoms with Crippen LogP contribution in [0.4, 0.5) is 0 Å². The highest BCUT2D eigenvalue weighted by atomic mass is 15.2. The van der Waals surface area contributed by atoms with Gasteiger partial charge in [-0.2, -0.15) is 0 Å². The number of rotatable bonds is 6. The largest absolute Gasteiger partial charge is 0.312 e. The minimum Gasteiger partial charge on any atom is -0.312 e. The van der Waals surface area contributed by atoms with Crippen molar-refractivity contribution >= 4 is 0 Å². The number of likely N-dealkylation sites (N-methyl/N-ethyl adjacent to an activating group) is 2. The molecule has 1 aliphatic rings. The van der Waals surface area contributed by atoms with Gasteiger partial charge >= 0.3 is 0 Å². The third-order valence-corrected chi connectivity index (χ3v) is 3.66. The van der Waals surface area contributed by atoms with Gasteiger partial charge in [0.2, 0.25) is 0 Å². The van der Waals surface area contributed by atoms with Crippen molar-refractivity contribution in [2.75, 3.05) is 40.3 Å². The van der Waals surface area contributed by atoms with Crippen LogP contribution in [0.2, 0.25) is 0 Å². The average molecular weight is 239 g/mol. The third-order valence-electron chi connectivity index (χ3n) is 3.66. The Morgan fingerprint density at radius 1 is 1.41 bits per heavy atom. The van der Waals surface area contributed by atoms with E-state index in [-0.39, 0.29) is 0 Å². The van der Waals surface area contributed by atoms with Crippen molar-refractivity contribution in [2.45, 2.75) is 38.3 Å². The van der Waals surface area contributed by atoms with E-state index in [4.69, 9.17) is 0 Å². The first-order valence-corrected chi connectivity index (χ1v) is 6.92. The van der Waals surface area contributed by atoms with Gasteiger partial charge < -0.3 is 15.1 Å². The minimum absolute atomic E-state index is 0.540. The maximum atomic E-state index is 3.90. The summed E-state index contributed by atoms with van der Waals surface area (Å²) in [7, 11) is 4.49. The average Bonchev–Trinajstić information content (AvgIpc) is 2.47. The lowest BCUT2D eigenvalue weighted by atomic mass is 10.0. The van der Waals surface area contributed by atoms with E-state index in [1.165, 1.54) is 25.9 Å². The van der Waals surface area contributed by atoms with Crippen LogP contribution in [0.25, 0.3) is 0 Å². The van der Waals surface area contributed by atoms with Crippen molar-refractivity contribution in [2.24, 2.45) is 0 Å². The highest BCUT2D eigenvalue weighted by Gasteiger charge is 2.27. The summed E-state index contributed by atoms with van der Waals surface area (Å²) in [6, 6.07) is 1.14. The molecule has 1 heterocycles. The molecule has 0 saturated carbocycles. The quantitative estimate of drug-likeness (QED) is 0.710. The molecule has 0 amide bonds. The standard InChI is InChI=1S/C14H29N3/c1-5-8-13(15-9-6-2)14-12-16(3)10-7-11-17(14)4/h5,13-15H,1,6-12H2,2-4H3. The maximum absolute atomic E-state index is 3.90. The van der Waals surface area contributed by atoms with Crippen LogP contribution >= 0.6 is 0 Å². The molecule has 100 valence electrons. The summed E-state index contributed by atoms with van der Waals surface area (Å²) in [4.78, 5) is 4.97. The summed E-state index contributed by atoms with van der Waals surface area (Å²) in [5, 5.41) is 3.68. The molecule has 2 atom stereocenters. The number of hydrogen-bond donors (Lipinski definition) is 1. The van der Waals surface area contributed by atoms with Gasteiger partial charge in [-0.05, 0) is 53.0 Å². The lowest BCUT2D eigenvalue weighted by molar-refractivity contribution is 0.178. The van der Waals surface area contributed by atoms with Gasteiger partial charge in [-0.1, -0.05) is 13.0 Å². The molecule has 3 heteroatoms. The molecule has 2 unspecified atom stereocenters. The summed E-state index contributed by atoms with van der Waals surface area (Å²) >= 11 is 0. The molecular formula is C14H29N3. The van der Waals surface area contributed by atoms with Crippen molar-refractivity contribution in [3.63, 3.8) is 0 Å². The van der Waals surface area contributed by atoms with E-state index >= 15 is 0 Å². The van der Waals surface area contributed by atoms with Gasteiger partial charge in [0.1, 0.15) is 0 Å². The highest BCUT2D eigenvalue weighted by Crippen LogP contribution is 2.13. The summed E-state index contributed by atoms with van der Waals surface area (Å²) in [5.41, 5.74) is 0. The van der Waals surface area contributed by atoms with E-state index in [9.17, 15) is 0 Å². The highest BCUT2D eigenvalue weighted by molar-refractivity contribution is 4.91. The summed E-state index contributed by atoms with van der Waals surface area (Å²) < 4.78 is 0. The Morgan fingerprint density at radius 3 is 2.82 bits per heavy atom. The lowest BCUT2D eigenvalue weighted by Gasteiger charge is -2.34. The van der Waals surface area contributed by atoms with Crippen molar-refractivity contribution in [1.29, 1.82) is 0 Å². The van der Waals surface area contributed by atoms with Crippen LogP contribution in [0.5, 0.6) is 0 Å². The van der Waals surface area contributed by atoms with Gasteiger partial charge in [-0.15, -0.1) is 6.58 Å². The Balaban J connectivity index is 2.63. The lowest BCUT2D eigenvalue weighted by Crippen LogP contribution is -2.52. The van der Waals surface area contributed by atoms with Crippen LogP contribution in [0.3, 0.4) is 0 Å². The zero-order chi connectivity index (χ0) is 12.7. The molecule has 0 aromatic rings. The molecule has 0 aliphatic carbocycles. The van der Waals surface area contributed by atoms with Crippen LogP contribution in [-0.2, 0) is 0 Å². The van der Waals surface area contributed by atoms with E-state index in [1.807, 2.05) is 6.08 Å². The van der Waals surface area contributed by atoms with Gasteiger partial charge in [0.05, 0.1) is 0 Å². The van der Waals surface area contributed by atoms with Crippen LogP contribution in [0.1, 0.15) is 26.2 Å². The Bertz CT molecular complexity index is 218. The molecular weight excluding hydrogens is 210 g/mol. The van der Waals surface area contributed by atoms with Crippen molar-refractivity contribution in [1.82, 2.24) is 15.1 Å². The molecule has 1 rings (SSSR count). The van der Waals surface area contributed by atoms with Gasteiger partial charge in [0.15, 0.2) is 0 Å². The van der Waals surface area contributed by atoms with Crippen molar-refractivity contribution in [3.8, 4) is 0 Å². The van der Waals surface area contributed by atoms with Crippen LogP contribution in [0, 0.1) is 0 Å². The predicted molar refractivity (Wildman–Crippen MR) is 75.4 cm³/mol. The molecule has 1 saturated heterocycles. The van der Waals surface area contributed by atoms with Gasteiger partial charge in [-0.25, -0.2) is 0 Å². The first kappa shape index (κ1) is 14.7. The van der Waals surface area contributed by atoms with Gasteiger partial charge in [0.25, 0.3) is 0 Å². The molecule has 17 heavy (non-hydrogen) atoms. The Morgan fingerprint density at radius 2 is 2.18 bits per heavy atom. The predicted octanol–water partition coefficient (Wildman–Crippen LogP) is 1.57. The zero-order valence-corrected chi connectivity index (χ0v) is 11.8. The molecule has 0 aromatic heterocycles. The molecule has 0 bridgehead atoms. The SMILES string of the molecule is C=CCC(NCCC)C1CN(C)CCCN1C. The number of hydrogen-bond acceptors (Lipinski definition) is 3. The second-order valence-corrected chi connectivity index (χ2v) is 5.25. The van der Waals surface area contributed by atoms with E-state index in [2.05, 4.69) is 42.7 Å². The first-order valence-electron chi connectivity index (χ1n) is 6.92. The Labute approximate surface area is 107 Å². The molecule has 3 nitrogen and oxygen atoms in total. The number of nitrogens with zero attached hydrogens (tertiary/aromatic N) is 2. The normalized spacial score (nSPS) is 25.5. The van der Waals surface area contributed by atoms with E-state index < -0.39 is 0 Å². The van der Waals surface area contributed by atoms with Crippen molar-refractivity contribution in [3.05, 3.63) is 12.7 Å². The monoisotopic (exact) mass is 239 g/mol. The topological polar surface area (TPSA) is 18.5 Å². The van der Waals surface area contributed by atoms with Crippen LogP contribution < -0.4 is 5.32 Å². The molecule has 1 N–H and O–H groups in total. The second-order valence-electron chi connectivity index (χ2n) is 5.25. The van der Waals surface area contributed by atoms with Crippen LogP contribution in [0.15, 0.2) is 12.7 Å². The molecule has 1 fully saturated rings. The summed E-state index contributed by atoms with van der Waals surface area (Å²) in [6.07, 6.45) is 5.58. The zero-order valence-electron chi connectivity index (χ0n) is 11.8. The molecule has 0 spiro atoms. The van der Waals surface area contributed by atoms with Crippen molar-refractivity contribution < 1.29 is 0 Å². The molecule has 0 aromatic carbocycles. The fourth-order valence-corrected chi connectivity index (χ4v) is 2.63. The first-order chi connectivity index (χ1) is 8.19. The van der Waals surface area contributed by atoms with E-state index in [0.717, 1.165) is 19.5 Å². The molecule has 1 aliphatic heterocycles. The number of nitrogens with one attached hydrogen (secondary N) is 1. The fraction of sp³-hybridized carbons (Fsp3) is 0.857. The summed E-state index contributed by atoms with van der Waals surface area (Å²) in [5.74, 6) is 0. The fourth-order valence-electron chi connectivity index (χ4n) is 2.63.